The molecule has 4 heteroatoms. The molecule has 0 amide bonds. The van der Waals surface area contributed by atoms with Gasteiger partial charge in [0.25, 0.3) is 0 Å². The number of halogens is 1. The van der Waals surface area contributed by atoms with Crippen LogP contribution in [0.1, 0.15) is 0 Å². The summed E-state index contributed by atoms with van der Waals surface area (Å²) < 4.78 is 0. The highest BCUT2D eigenvalue weighted by Gasteiger charge is 2.08. The van der Waals surface area contributed by atoms with Crippen molar-refractivity contribution in [3.63, 3.8) is 0 Å². The van der Waals surface area contributed by atoms with Crippen molar-refractivity contribution in [1.29, 1.82) is 0 Å². The van der Waals surface area contributed by atoms with Crippen LogP contribution in [0.4, 0.5) is 0 Å². The summed E-state index contributed by atoms with van der Waals surface area (Å²) in [6, 6.07) is 0. The molecule has 1 aliphatic rings. The van der Waals surface area contributed by atoms with Gasteiger partial charge in [0, 0.05) is 6.54 Å². The highest BCUT2D eigenvalue weighted by atomic mass is 79.9. The van der Waals surface area contributed by atoms with Crippen LogP contribution in [0, 0.1) is 0 Å². The molecule has 0 saturated heterocycles. The number of hydrogen-bond acceptors (Lipinski definition) is 2. The first-order chi connectivity index (χ1) is 2.89. The van der Waals surface area contributed by atoms with E-state index in [1.165, 1.54) is 0 Å². The summed E-state index contributed by atoms with van der Waals surface area (Å²) in [4.78, 5) is 3.92. The summed E-state index contributed by atoms with van der Waals surface area (Å²) in [6.07, 6.45) is 1.85. The quantitative estimate of drug-likeness (QED) is 0.480. The molecular weight excluding hydrogens is 143 g/mol. The molecule has 0 atom stereocenters. The van der Waals surface area contributed by atoms with Gasteiger partial charge in [0.2, 0.25) is 0 Å². The molecule has 0 aromatic heterocycles. The molecule has 1 N–H and O–H groups in total. The number of hydrogen-bond donors (Lipinski definition) is 1. The van der Waals surface area contributed by atoms with Crippen molar-refractivity contribution in [3.8, 4) is 0 Å². The van der Waals surface area contributed by atoms with Crippen molar-refractivity contribution in [2.75, 3.05) is 6.54 Å². The summed E-state index contributed by atoms with van der Waals surface area (Å²) in [6.45, 7) is 0.899. The minimum Gasteiger partial charge on any atom is -0.321 e. The van der Waals surface area contributed by atoms with E-state index in [2.05, 4.69) is 25.9 Å². The molecule has 1 aliphatic heterocycles. The number of nitrogens with one attached hydrogen (secondary N) is 1. The van der Waals surface area contributed by atoms with Crippen molar-refractivity contribution in [3.05, 3.63) is 0 Å². The Morgan fingerprint density at radius 2 is 2.83 bits per heavy atom. The molecule has 0 aliphatic carbocycles. The Labute approximate surface area is 45.1 Å². The van der Waals surface area contributed by atoms with Gasteiger partial charge in [0.15, 0.2) is 0 Å². The predicted molar refractivity (Wildman–Crippen MR) is 31.2 cm³/mol. The molecule has 1 heterocycles. The van der Waals surface area contributed by atoms with E-state index in [1.807, 2.05) is 6.21 Å². The fraction of sp³-hybridized carbons (Fsp3) is 0.500. The first kappa shape index (κ1) is 4.34. The Morgan fingerprint density at radius 1 is 2.00 bits per heavy atom. The van der Waals surface area contributed by atoms with Crippen LogP contribution in [0.3, 0.4) is 0 Å². The Kier molecular flexibility index (Phi) is 1.27. The van der Waals surface area contributed by atoms with Gasteiger partial charge in [0.1, 0.15) is 0 Å². The zero-order valence-electron chi connectivity index (χ0n) is 3.19. The van der Waals surface area contributed by atoms with Crippen LogP contribution in [0.2, 0.25) is 0 Å². The lowest BCUT2D eigenvalue weighted by Crippen LogP contribution is -2.19. The van der Waals surface area contributed by atoms with Crippen LogP contribution in [0.15, 0.2) is 4.90 Å². The van der Waals surface area contributed by atoms with E-state index < -0.39 is 0 Å². The maximum atomic E-state index is 3.92. The standard InChI is InChI=1S/C2H4BBrN2/c4-3-5-1-2-6-3/h1,6H,2H2. The molecule has 0 fully saturated rings. The Morgan fingerprint density at radius 3 is 3.00 bits per heavy atom. The molecular formula is C2H4BBrN2. The van der Waals surface area contributed by atoms with Crippen molar-refractivity contribution >= 4 is 27.8 Å². The fourth-order valence-corrected chi connectivity index (χ4v) is 0.702. The van der Waals surface area contributed by atoms with Crippen LogP contribution >= 0.6 is 15.8 Å². The lowest BCUT2D eigenvalue weighted by molar-refractivity contribution is 1.18. The first-order valence-corrected chi connectivity index (χ1v) is 2.70. The molecule has 0 radical (unpaired) electrons. The van der Waals surface area contributed by atoms with Gasteiger partial charge in [-0.05, 0) is 6.21 Å². The first-order valence-electron chi connectivity index (χ1n) is 1.79. The van der Waals surface area contributed by atoms with Gasteiger partial charge < -0.3 is 10.1 Å². The van der Waals surface area contributed by atoms with E-state index in [9.17, 15) is 0 Å². The molecule has 1 rings (SSSR count). The Balaban J connectivity index is 2.38. The summed E-state index contributed by atoms with van der Waals surface area (Å²) in [5, 5.41) is 3.01. The molecule has 0 unspecified atom stereocenters. The zero-order chi connectivity index (χ0) is 4.41. The molecule has 32 valence electrons. The molecule has 2 nitrogen and oxygen atoms in total. The van der Waals surface area contributed by atoms with Crippen molar-refractivity contribution in [2.24, 2.45) is 4.90 Å². The predicted octanol–water partition coefficient (Wildman–Crippen LogP) is 0.0402. The maximum absolute atomic E-state index is 3.92. The topological polar surface area (TPSA) is 24.4 Å². The largest absolute Gasteiger partial charge is 0.438 e. The lowest BCUT2D eigenvalue weighted by atomic mass is 10.2. The second-order valence-corrected chi connectivity index (χ2v) is 1.94. The van der Waals surface area contributed by atoms with Crippen molar-refractivity contribution < 1.29 is 0 Å². The highest BCUT2D eigenvalue weighted by Crippen LogP contribution is 1.91. The average Bonchev–Trinajstić information content (AvgIpc) is 1.86. The third-order valence-electron chi connectivity index (χ3n) is 0.614. The molecule has 0 aromatic carbocycles. The molecule has 0 spiro atoms. The van der Waals surface area contributed by atoms with Gasteiger partial charge in [-0.2, -0.15) is 0 Å². The van der Waals surface area contributed by atoms with Crippen molar-refractivity contribution in [1.82, 2.24) is 5.23 Å². The van der Waals surface area contributed by atoms with Crippen LogP contribution in [-0.4, -0.2) is 18.6 Å². The summed E-state index contributed by atoms with van der Waals surface area (Å²) in [5.41, 5.74) is 0. The van der Waals surface area contributed by atoms with Crippen LogP contribution in [0.5, 0.6) is 0 Å². The van der Waals surface area contributed by atoms with E-state index in [4.69, 9.17) is 0 Å². The summed E-state index contributed by atoms with van der Waals surface area (Å²) in [5.74, 6) is 0.178. The maximum Gasteiger partial charge on any atom is 0.438 e. The van der Waals surface area contributed by atoms with Gasteiger partial charge in [-0.25, -0.2) is 0 Å². The van der Waals surface area contributed by atoms with Gasteiger partial charge in [0.05, 0.1) is 0 Å². The third-order valence-corrected chi connectivity index (χ3v) is 1.17. The molecule has 6 heavy (non-hydrogen) atoms. The van der Waals surface area contributed by atoms with Gasteiger partial charge >= 0.3 is 5.81 Å². The fourth-order valence-electron chi connectivity index (χ4n) is 0.348. The number of nitrogens with zero attached hydrogens (tertiary/aromatic N) is 1. The van der Waals surface area contributed by atoms with E-state index in [1.54, 1.807) is 0 Å². The summed E-state index contributed by atoms with van der Waals surface area (Å²) in [7, 11) is 0. The van der Waals surface area contributed by atoms with Gasteiger partial charge in [-0.1, -0.05) is 0 Å². The van der Waals surface area contributed by atoms with Crippen LogP contribution in [0.25, 0.3) is 0 Å². The van der Waals surface area contributed by atoms with E-state index in [0.717, 1.165) is 6.54 Å². The number of rotatable bonds is 0. The second-order valence-electron chi connectivity index (χ2n) is 1.08. The highest BCUT2D eigenvalue weighted by molar-refractivity contribution is 9.24. The van der Waals surface area contributed by atoms with E-state index >= 15 is 0 Å². The average molecular weight is 147 g/mol. The monoisotopic (exact) mass is 146 g/mol. The van der Waals surface area contributed by atoms with Gasteiger partial charge in [-0.3, -0.25) is 0 Å². The van der Waals surface area contributed by atoms with Crippen LogP contribution in [-0.2, 0) is 0 Å². The third kappa shape index (κ3) is 0.817. The second kappa shape index (κ2) is 1.75. The Bertz CT molecular complexity index is 73.9. The van der Waals surface area contributed by atoms with E-state index in [0.29, 0.717) is 0 Å². The zero-order valence-corrected chi connectivity index (χ0v) is 4.77. The van der Waals surface area contributed by atoms with E-state index in [-0.39, 0.29) is 5.81 Å². The van der Waals surface area contributed by atoms with Gasteiger partial charge in [-0.15, -0.1) is 15.8 Å². The minimum atomic E-state index is 0.178. The summed E-state index contributed by atoms with van der Waals surface area (Å²) >= 11 is 3.23. The smallest absolute Gasteiger partial charge is 0.321 e. The molecule has 0 aromatic rings. The lowest BCUT2D eigenvalue weighted by Gasteiger charge is -1.83. The minimum absolute atomic E-state index is 0.178. The molecule has 0 saturated carbocycles. The molecule has 0 bridgehead atoms. The SMILES string of the molecule is BrB1N=CCN1. The Hall–Kier alpha value is 0.175. The van der Waals surface area contributed by atoms with Crippen LogP contribution < -0.4 is 5.23 Å². The normalized spacial score (nSPS) is 19.8. The van der Waals surface area contributed by atoms with Crippen molar-refractivity contribution in [2.45, 2.75) is 0 Å².